The van der Waals surface area contributed by atoms with Crippen molar-refractivity contribution < 1.29 is 4.79 Å². The lowest BCUT2D eigenvalue weighted by atomic mass is 9.83. The van der Waals surface area contributed by atoms with Crippen LogP contribution in [0.25, 0.3) is 0 Å². The van der Waals surface area contributed by atoms with Crippen molar-refractivity contribution in [1.82, 2.24) is 5.32 Å². The van der Waals surface area contributed by atoms with Crippen LogP contribution in [-0.4, -0.2) is 18.5 Å². The van der Waals surface area contributed by atoms with Crippen molar-refractivity contribution >= 4 is 5.91 Å². The molecule has 1 amide bonds. The molecule has 3 heteroatoms. The first kappa shape index (κ1) is 11.5. The highest BCUT2D eigenvalue weighted by Crippen LogP contribution is 2.29. The highest BCUT2D eigenvalue weighted by Gasteiger charge is 2.22. The van der Waals surface area contributed by atoms with E-state index < -0.39 is 0 Å². The summed E-state index contributed by atoms with van der Waals surface area (Å²) in [5.74, 6) is 1.21. The number of rotatable bonds is 5. The Kier molecular flexibility index (Phi) is 4.39. The van der Waals surface area contributed by atoms with Crippen molar-refractivity contribution in [2.24, 2.45) is 17.6 Å². The van der Waals surface area contributed by atoms with Gasteiger partial charge < -0.3 is 11.1 Å². The highest BCUT2D eigenvalue weighted by molar-refractivity contribution is 5.76. The Hall–Kier alpha value is -0.570. The van der Waals surface area contributed by atoms with E-state index in [9.17, 15) is 4.79 Å². The van der Waals surface area contributed by atoms with Gasteiger partial charge in [-0.15, -0.1) is 0 Å². The Balaban J connectivity index is 2.18. The molecule has 0 aliphatic heterocycles. The molecule has 1 aliphatic rings. The standard InChI is InChI=1S/C11H22N2O/c1-8(7-12)9(2)13-11(14)6-10-4-3-5-10/h8-10H,3-7,12H2,1-2H3,(H,13,14). The van der Waals surface area contributed by atoms with E-state index in [0.29, 0.717) is 24.8 Å². The van der Waals surface area contributed by atoms with Crippen LogP contribution in [0.1, 0.15) is 39.5 Å². The molecule has 0 aromatic heterocycles. The van der Waals surface area contributed by atoms with Gasteiger partial charge in [0.05, 0.1) is 0 Å². The van der Waals surface area contributed by atoms with Gasteiger partial charge in [0.2, 0.25) is 5.91 Å². The van der Waals surface area contributed by atoms with Crippen molar-refractivity contribution in [3.05, 3.63) is 0 Å². The predicted molar refractivity (Wildman–Crippen MR) is 57.8 cm³/mol. The topological polar surface area (TPSA) is 55.1 Å². The van der Waals surface area contributed by atoms with E-state index in [4.69, 9.17) is 5.73 Å². The average Bonchev–Trinajstić information content (AvgIpc) is 2.10. The molecule has 1 aliphatic carbocycles. The quantitative estimate of drug-likeness (QED) is 0.699. The summed E-state index contributed by atoms with van der Waals surface area (Å²) in [7, 11) is 0. The largest absolute Gasteiger partial charge is 0.353 e. The zero-order valence-electron chi connectivity index (χ0n) is 9.25. The maximum Gasteiger partial charge on any atom is 0.220 e. The number of amides is 1. The lowest BCUT2D eigenvalue weighted by Crippen LogP contribution is -2.40. The van der Waals surface area contributed by atoms with Crippen LogP contribution in [0.5, 0.6) is 0 Å². The van der Waals surface area contributed by atoms with Gasteiger partial charge in [0.25, 0.3) is 0 Å². The number of nitrogens with one attached hydrogen (secondary N) is 1. The van der Waals surface area contributed by atoms with Gasteiger partial charge in [0, 0.05) is 12.5 Å². The Morgan fingerprint density at radius 1 is 1.50 bits per heavy atom. The van der Waals surface area contributed by atoms with Crippen LogP contribution >= 0.6 is 0 Å². The first-order valence-corrected chi connectivity index (χ1v) is 5.63. The van der Waals surface area contributed by atoms with Gasteiger partial charge in [-0.2, -0.15) is 0 Å². The third-order valence-corrected chi connectivity index (χ3v) is 3.31. The van der Waals surface area contributed by atoms with Crippen LogP contribution in [0.15, 0.2) is 0 Å². The van der Waals surface area contributed by atoms with E-state index in [-0.39, 0.29) is 11.9 Å². The van der Waals surface area contributed by atoms with Gasteiger partial charge in [-0.05, 0) is 38.1 Å². The minimum absolute atomic E-state index is 0.197. The van der Waals surface area contributed by atoms with Crippen LogP contribution in [0.2, 0.25) is 0 Å². The van der Waals surface area contributed by atoms with Crippen LogP contribution in [0, 0.1) is 11.8 Å². The second-order valence-corrected chi connectivity index (χ2v) is 4.57. The summed E-state index contributed by atoms with van der Waals surface area (Å²) in [6.45, 7) is 4.72. The van der Waals surface area contributed by atoms with E-state index in [2.05, 4.69) is 12.2 Å². The second-order valence-electron chi connectivity index (χ2n) is 4.57. The van der Waals surface area contributed by atoms with E-state index in [1.807, 2.05) is 6.92 Å². The van der Waals surface area contributed by atoms with E-state index >= 15 is 0 Å². The Bertz CT molecular complexity index is 190. The molecule has 0 saturated heterocycles. The van der Waals surface area contributed by atoms with Crippen molar-refractivity contribution in [2.45, 2.75) is 45.6 Å². The van der Waals surface area contributed by atoms with Crippen LogP contribution < -0.4 is 11.1 Å². The molecular formula is C11H22N2O. The lowest BCUT2D eigenvalue weighted by molar-refractivity contribution is -0.123. The molecule has 0 spiro atoms. The van der Waals surface area contributed by atoms with Crippen LogP contribution in [0.3, 0.4) is 0 Å². The number of hydrogen-bond acceptors (Lipinski definition) is 2. The molecule has 0 radical (unpaired) electrons. The fraction of sp³-hybridized carbons (Fsp3) is 0.909. The summed E-state index contributed by atoms with van der Waals surface area (Å²) in [5.41, 5.74) is 5.54. The molecule has 0 aromatic carbocycles. The molecule has 0 heterocycles. The first-order chi connectivity index (χ1) is 6.63. The molecule has 0 aromatic rings. The molecule has 1 fully saturated rings. The second kappa shape index (κ2) is 5.35. The molecule has 0 bridgehead atoms. The van der Waals surface area contributed by atoms with Crippen molar-refractivity contribution in [3.63, 3.8) is 0 Å². The van der Waals surface area contributed by atoms with Crippen molar-refractivity contribution in [2.75, 3.05) is 6.54 Å². The normalized spacial score (nSPS) is 21.1. The SMILES string of the molecule is CC(CN)C(C)NC(=O)CC1CCC1. The predicted octanol–water partition coefficient (Wildman–Crippen LogP) is 1.28. The molecule has 3 N–H and O–H groups in total. The molecule has 14 heavy (non-hydrogen) atoms. The average molecular weight is 198 g/mol. The number of carbonyl (C=O) groups excluding carboxylic acids is 1. The Morgan fingerprint density at radius 3 is 2.57 bits per heavy atom. The number of hydrogen-bond donors (Lipinski definition) is 2. The van der Waals surface area contributed by atoms with E-state index in [1.165, 1.54) is 19.3 Å². The third-order valence-electron chi connectivity index (χ3n) is 3.31. The molecule has 1 rings (SSSR count). The summed E-state index contributed by atoms with van der Waals surface area (Å²) in [5, 5.41) is 3.01. The number of carbonyl (C=O) groups is 1. The summed E-state index contributed by atoms with van der Waals surface area (Å²) < 4.78 is 0. The summed E-state index contributed by atoms with van der Waals surface area (Å²) in [4.78, 5) is 11.5. The molecule has 3 nitrogen and oxygen atoms in total. The minimum Gasteiger partial charge on any atom is -0.353 e. The Morgan fingerprint density at radius 2 is 2.14 bits per heavy atom. The monoisotopic (exact) mass is 198 g/mol. The van der Waals surface area contributed by atoms with Gasteiger partial charge in [-0.1, -0.05) is 13.3 Å². The summed E-state index contributed by atoms with van der Waals surface area (Å²) >= 11 is 0. The maximum atomic E-state index is 11.5. The maximum absolute atomic E-state index is 11.5. The number of nitrogens with two attached hydrogens (primary N) is 1. The van der Waals surface area contributed by atoms with Gasteiger partial charge in [-0.3, -0.25) is 4.79 Å². The highest BCUT2D eigenvalue weighted by atomic mass is 16.1. The molecule has 2 atom stereocenters. The zero-order valence-corrected chi connectivity index (χ0v) is 9.25. The smallest absolute Gasteiger partial charge is 0.220 e. The zero-order chi connectivity index (χ0) is 10.6. The van der Waals surface area contributed by atoms with Gasteiger partial charge in [0.1, 0.15) is 0 Å². The molecule has 2 unspecified atom stereocenters. The van der Waals surface area contributed by atoms with E-state index in [0.717, 1.165) is 0 Å². The lowest BCUT2D eigenvalue weighted by Gasteiger charge is -2.26. The first-order valence-electron chi connectivity index (χ1n) is 5.63. The summed E-state index contributed by atoms with van der Waals surface area (Å²) in [6.07, 6.45) is 4.47. The van der Waals surface area contributed by atoms with Gasteiger partial charge >= 0.3 is 0 Å². The molecule has 1 saturated carbocycles. The molecule has 82 valence electrons. The van der Waals surface area contributed by atoms with Gasteiger partial charge in [0.15, 0.2) is 0 Å². The summed E-state index contributed by atoms with van der Waals surface area (Å²) in [6, 6.07) is 0.201. The Labute approximate surface area is 86.4 Å². The van der Waals surface area contributed by atoms with Crippen LogP contribution in [0.4, 0.5) is 0 Å². The van der Waals surface area contributed by atoms with Crippen molar-refractivity contribution in [3.8, 4) is 0 Å². The van der Waals surface area contributed by atoms with Crippen molar-refractivity contribution in [1.29, 1.82) is 0 Å². The fourth-order valence-corrected chi connectivity index (χ4v) is 1.62. The molecular weight excluding hydrogens is 176 g/mol. The van der Waals surface area contributed by atoms with Crippen LogP contribution in [-0.2, 0) is 4.79 Å². The minimum atomic E-state index is 0.197. The fourth-order valence-electron chi connectivity index (χ4n) is 1.62. The van der Waals surface area contributed by atoms with Gasteiger partial charge in [-0.25, -0.2) is 0 Å². The third kappa shape index (κ3) is 3.29. The van der Waals surface area contributed by atoms with E-state index in [1.54, 1.807) is 0 Å².